The monoisotopic (exact) mass is 359 g/mol. The number of thioether (sulfide) groups is 1. The number of rotatable bonds is 4. The van der Waals surface area contributed by atoms with Crippen molar-refractivity contribution in [3.05, 3.63) is 75.6 Å². The Kier molecular flexibility index (Phi) is 5.08. The van der Waals surface area contributed by atoms with Crippen LogP contribution in [-0.2, 0) is 5.75 Å². The van der Waals surface area contributed by atoms with Crippen LogP contribution in [0.15, 0.2) is 53.5 Å². The molecule has 0 aromatic heterocycles. The fourth-order valence-corrected chi connectivity index (χ4v) is 3.38. The van der Waals surface area contributed by atoms with E-state index in [9.17, 15) is 19.3 Å². The van der Waals surface area contributed by atoms with Gasteiger partial charge < -0.3 is 0 Å². The molecule has 6 nitrogen and oxygen atoms in total. The Morgan fingerprint density at radius 3 is 2.72 bits per heavy atom. The van der Waals surface area contributed by atoms with Gasteiger partial charge in [-0.05, 0) is 23.8 Å². The first-order valence-corrected chi connectivity index (χ1v) is 8.51. The molecule has 0 aliphatic carbocycles. The molecular weight excluding hydrogens is 345 g/mol. The van der Waals surface area contributed by atoms with E-state index in [0.29, 0.717) is 24.0 Å². The van der Waals surface area contributed by atoms with E-state index in [1.54, 1.807) is 18.2 Å². The molecule has 2 aromatic carbocycles. The van der Waals surface area contributed by atoms with Crippen LogP contribution in [0.5, 0.6) is 0 Å². The summed E-state index contributed by atoms with van der Waals surface area (Å²) in [5.74, 6) is -0.210. The van der Waals surface area contributed by atoms with Crippen molar-refractivity contribution in [2.75, 3.05) is 13.1 Å². The van der Waals surface area contributed by atoms with Crippen LogP contribution in [0.4, 0.5) is 10.1 Å². The molecule has 0 atom stereocenters. The summed E-state index contributed by atoms with van der Waals surface area (Å²) < 4.78 is 13.3. The molecule has 0 N–H and O–H groups in total. The molecule has 128 valence electrons. The number of nitro benzene ring substituents is 1. The lowest BCUT2D eigenvalue weighted by Crippen LogP contribution is -2.32. The van der Waals surface area contributed by atoms with Gasteiger partial charge in [0.05, 0.1) is 11.5 Å². The summed E-state index contributed by atoms with van der Waals surface area (Å²) in [6.07, 6.45) is 0. The molecule has 1 aliphatic rings. The van der Waals surface area contributed by atoms with E-state index in [-0.39, 0.29) is 17.2 Å². The third-order valence-electron chi connectivity index (χ3n) is 3.63. The van der Waals surface area contributed by atoms with Crippen LogP contribution in [0.1, 0.15) is 15.9 Å². The third-order valence-corrected chi connectivity index (χ3v) is 4.72. The average Bonchev–Trinajstić information content (AvgIpc) is 3.08. The second-order valence-corrected chi connectivity index (χ2v) is 6.29. The summed E-state index contributed by atoms with van der Waals surface area (Å²) in [6, 6.07) is 11.8. The molecule has 3 rings (SSSR count). The first-order chi connectivity index (χ1) is 12.0. The third kappa shape index (κ3) is 4.03. The van der Waals surface area contributed by atoms with E-state index in [4.69, 9.17) is 0 Å². The lowest BCUT2D eigenvalue weighted by molar-refractivity contribution is -0.384. The van der Waals surface area contributed by atoms with Gasteiger partial charge in [0.15, 0.2) is 5.17 Å². The maximum Gasteiger partial charge on any atom is 0.269 e. The highest BCUT2D eigenvalue weighted by atomic mass is 32.2. The number of nitrogens with zero attached hydrogens (tertiary/aromatic N) is 3. The van der Waals surface area contributed by atoms with Gasteiger partial charge in [0.25, 0.3) is 11.6 Å². The highest BCUT2D eigenvalue weighted by Crippen LogP contribution is 2.23. The molecule has 0 spiro atoms. The van der Waals surface area contributed by atoms with Gasteiger partial charge in [-0.25, -0.2) is 4.39 Å². The molecule has 0 saturated carbocycles. The first-order valence-electron chi connectivity index (χ1n) is 7.52. The SMILES string of the molecule is O=C(c1cccc(F)c1)N1CCN=C1SCc1ccc([N+](=O)[O-])cc1. The average molecular weight is 359 g/mol. The molecule has 2 aromatic rings. The highest BCUT2D eigenvalue weighted by molar-refractivity contribution is 8.13. The molecule has 8 heteroatoms. The number of halogens is 1. The lowest BCUT2D eigenvalue weighted by atomic mass is 10.2. The van der Waals surface area contributed by atoms with Crippen LogP contribution in [0, 0.1) is 15.9 Å². The maximum atomic E-state index is 13.3. The van der Waals surface area contributed by atoms with Crippen molar-refractivity contribution in [1.29, 1.82) is 0 Å². The van der Waals surface area contributed by atoms with Crippen molar-refractivity contribution in [2.24, 2.45) is 4.99 Å². The van der Waals surface area contributed by atoms with Crippen LogP contribution in [0.25, 0.3) is 0 Å². The van der Waals surface area contributed by atoms with E-state index in [1.165, 1.54) is 47.0 Å². The zero-order chi connectivity index (χ0) is 17.8. The van der Waals surface area contributed by atoms with Gasteiger partial charge in [-0.1, -0.05) is 30.0 Å². The Balaban J connectivity index is 1.65. The molecule has 1 heterocycles. The minimum absolute atomic E-state index is 0.0369. The lowest BCUT2D eigenvalue weighted by Gasteiger charge is -2.18. The predicted molar refractivity (Wildman–Crippen MR) is 94.1 cm³/mol. The number of nitro groups is 1. The standard InChI is InChI=1S/C17H14FN3O3S/c18-14-3-1-2-13(10-14)16(22)20-9-8-19-17(20)25-11-12-4-6-15(7-5-12)21(23)24/h1-7,10H,8-9,11H2. The largest absolute Gasteiger partial charge is 0.286 e. The molecule has 1 amide bonds. The van der Waals surface area contributed by atoms with Gasteiger partial charge in [-0.2, -0.15) is 0 Å². The Morgan fingerprint density at radius 1 is 1.28 bits per heavy atom. The summed E-state index contributed by atoms with van der Waals surface area (Å²) in [6.45, 7) is 0.960. The van der Waals surface area contributed by atoms with Gasteiger partial charge in [-0.15, -0.1) is 0 Å². The van der Waals surface area contributed by atoms with Gasteiger partial charge >= 0.3 is 0 Å². The summed E-state index contributed by atoms with van der Waals surface area (Å²) in [4.78, 5) is 28.6. The topological polar surface area (TPSA) is 75.8 Å². The zero-order valence-electron chi connectivity index (χ0n) is 13.1. The summed E-state index contributed by atoms with van der Waals surface area (Å²) in [5.41, 5.74) is 1.21. The fourth-order valence-electron chi connectivity index (χ4n) is 2.38. The second-order valence-electron chi connectivity index (χ2n) is 5.34. The summed E-state index contributed by atoms with van der Waals surface area (Å²) in [5, 5.41) is 11.2. The van der Waals surface area contributed by atoms with E-state index in [2.05, 4.69) is 4.99 Å². The number of non-ortho nitro benzene ring substituents is 1. The first kappa shape index (κ1) is 17.1. The van der Waals surface area contributed by atoms with Crippen LogP contribution in [0.3, 0.4) is 0 Å². The van der Waals surface area contributed by atoms with Crippen molar-refractivity contribution >= 4 is 28.5 Å². The van der Waals surface area contributed by atoms with Gasteiger partial charge in [-0.3, -0.25) is 24.8 Å². The van der Waals surface area contributed by atoms with E-state index < -0.39 is 10.7 Å². The number of amides is 1. The Bertz CT molecular complexity index is 839. The number of carbonyl (C=O) groups is 1. The summed E-state index contributed by atoms with van der Waals surface area (Å²) >= 11 is 1.38. The smallest absolute Gasteiger partial charge is 0.269 e. The van der Waals surface area contributed by atoms with Crippen molar-refractivity contribution in [2.45, 2.75) is 5.75 Å². The van der Waals surface area contributed by atoms with Crippen LogP contribution in [-0.4, -0.2) is 34.0 Å². The highest BCUT2D eigenvalue weighted by Gasteiger charge is 2.25. The van der Waals surface area contributed by atoms with Gasteiger partial charge in [0.2, 0.25) is 0 Å². The van der Waals surface area contributed by atoms with Gasteiger partial charge in [0.1, 0.15) is 5.82 Å². The predicted octanol–water partition coefficient (Wildman–Crippen LogP) is 3.48. The maximum absolute atomic E-state index is 13.3. The van der Waals surface area contributed by atoms with Crippen LogP contribution < -0.4 is 0 Å². The number of amidine groups is 1. The quantitative estimate of drug-likeness (QED) is 0.619. The summed E-state index contributed by atoms with van der Waals surface area (Å²) in [7, 11) is 0. The minimum Gasteiger partial charge on any atom is -0.286 e. The van der Waals surface area contributed by atoms with Gasteiger partial charge in [0, 0.05) is 30.0 Å². The second kappa shape index (κ2) is 7.43. The van der Waals surface area contributed by atoms with Crippen LogP contribution >= 0.6 is 11.8 Å². The molecule has 0 fully saturated rings. The molecular formula is C17H14FN3O3S. The van der Waals surface area contributed by atoms with Crippen molar-refractivity contribution in [3.63, 3.8) is 0 Å². The number of hydrogen-bond acceptors (Lipinski definition) is 5. The van der Waals surface area contributed by atoms with E-state index in [0.717, 1.165) is 5.56 Å². The normalized spacial score (nSPS) is 13.6. The van der Waals surface area contributed by atoms with Crippen molar-refractivity contribution < 1.29 is 14.1 Å². The van der Waals surface area contributed by atoms with E-state index in [1.807, 2.05) is 0 Å². The number of aliphatic imine (C=N–C) groups is 1. The Morgan fingerprint density at radius 2 is 2.04 bits per heavy atom. The molecule has 0 bridgehead atoms. The van der Waals surface area contributed by atoms with Crippen LogP contribution in [0.2, 0.25) is 0 Å². The fraction of sp³-hybridized carbons (Fsp3) is 0.176. The molecule has 0 unspecified atom stereocenters. The van der Waals surface area contributed by atoms with Crippen molar-refractivity contribution in [3.8, 4) is 0 Å². The molecule has 0 saturated heterocycles. The number of hydrogen-bond donors (Lipinski definition) is 0. The number of benzene rings is 2. The minimum atomic E-state index is -0.456. The molecule has 0 radical (unpaired) electrons. The zero-order valence-corrected chi connectivity index (χ0v) is 13.9. The Labute approximate surface area is 147 Å². The Hall–Kier alpha value is -2.74. The molecule has 1 aliphatic heterocycles. The number of carbonyl (C=O) groups excluding carboxylic acids is 1. The van der Waals surface area contributed by atoms with E-state index >= 15 is 0 Å². The molecule has 25 heavy (non-hydrogen) atoms. The van der Waals surface area contributed by atoms with Crippen molar-refractivity contribution in [1.82, 2.24) is 4.90 Å².